The van der Waals surface area contributed by atoms with Crippen LogP contribution in [-0.2, 0) is 0 Å². The van der Waals surface area contributed by atoms with E-state index < -0.39 is 5.60 Å². The Labute approximate surface area is 137 Å². The fourth-order valence-corrected chi connectivity index (χ4v) is 3.28. The maximum absolute atomic E-state index is 13.1. The van der Waals surface area contributed by atoms with E-state index in [-0.39, 0.29) is 11.7 Å². The number of hydrogen-bond donors (Lipinski definition) is 1. The summed E-state index contributed by atoms with van der Waals surface area (Å²) in [5.74, 6) is -0.481. The predicted octanol–water partition coefficient (Wildman–Crippen LogP) is 4.35. The number of benzene rings is 2. The van der Waals surface area contributed by atoms with Crippen LogP contribution in [0.2, 0.25) is 0 Å². The molecule has 2 aromatic rings. The lowest BCUT2D eigenvalue weighted by molar-refractivity contribution is 0.0175. The van der Waals surface area contributed by atoms with Gasteiger partial charge in [0.25, 0.3) is 0 Å². The number of carbonyl (C=O) groups excluding carboxylic acids is 1. The summed E-state index contributed by atoms with van der Waals surface area (Å²) in [5, 5.41) is 11.3. The summed E-state index contributed by atoms with van der Waals surface area (Å²) in [6.07, 6.45) is 5.20. The number of carbonyl (C=O) groups is 1. The lowest BCUT2D eigenvalue weighted by atomic mass is 9.71. The van der Waals surface area contributed by atoms with Gasteiger partial charge >= 0.3 is 0 Å². The zero-order valence-electron chi connectivity index (χ0n) is 13.6. The van der Waals surface area contributed by atoms with Crippen molar-refractivity contribution in [2.24, 2.45) is 0 Å². The van der Waals surface area contributed by atoms with E-state index >= 15 is 0 Å². The van der Waals surface area contributed by atoms with Crippen LogP contribution in [0.4, 0.5) is 0 Å². The average molecular weight is 306 g/mol. The Balaban J connectivity index is 2.02. The monoisotopic (exact) mass is 306 g/mol. The summed E-state index contributed by atoms with van der Waals surface area (Å²) in [7, 11) is 0. The minimum atomic E-state index is -1.38. The van der Waals surface area contributed by atoms with Crippen LogP contribution in [0.1, 0.15) is 45.8 Å². The van der Waals surface area contributed by atoms with E-state index in [1.165, 1.54) is 0 Å². The fourth-order valence-electron chi connectivity index (χ4n) is 3.28. The number of hydrogen-bond acceptors (Lipinski definition) is 2. The second-order valence-electron chi connectivity index (χ2n) is 6.41. The smallest absolute Gasteiger partial charge is 0.195 e. The van der Waals surface area contributed by atoms with Gasteiger partial charge in [-0.1, -0.05) is 54.6 Å². The van der Waals surface area contributed by atoms with E-state index in [0.717, 1.165) is 23.1 Å². The van der Waals surface area contributed by atoms with Crippen molar-refractivity contribution < 1.29 is 9.90 Å². The molecule has 0 amide bonds. The van der Waals surface area contributed by atoms with E-state index in [9.17, 15) is 9.90 Å². The lowest BCUT2D eigenvalue weighted by Crippen LogP contribution is -2.45. The highest BCUT2D eigenvalue weighted by Gasteiger charge is 2.44. The largest absolute Gasteiger partial charge is 0.381 e. The minimum absolute atomic E-state index is 0.182. The summed E-state index contributed by atoms with van der Waals surface area (Å²) in [6, 6.07) is 15.4. The fraction of sp³-hybridized carbons (Fsp3) is 0.286. The second-order valence-corrected chi connectivity index (χ2v) is 6.41. The molecule has 1 N–H and O–H groups in total. The van der Waals surface area contributed by atoms with Crippen LogP contribution >= 0.6 is 0 Å². The first kappa shape index (κ1) is 15.7. The van der Waals surface area contributed by atoms with Gasteiger partial charge < -0.3 is 5.11 Å². The van der Waals surface area contributed by atoms with Crippen LogP contribution in [0.5, 0.6) is 0 Å². The van der Waals surface area contributed by atoms with Crippen LogP contribution in [-0.4, -0.2) is 16.5 Å². The highest BCUT2D eigenvalue weighted by atomic mass is 16.3. The van der Waals surface area contributed by atoms with Crippen molar-refractivity contribution in [1.29, 1.82) is 0 Å². The van der Waals surface area contributed by atoms with Gasteiger partial charge in [0.05, 0.1) is 0 Å². The zero-order chi connectivity index (χ0) is 16.4. The molecule has 0 aromatic heterocycles. The Hall–Kier alpha value is -2.19. The molecule has 2 nitrogen and oxygen atoms in total. The number of rotatable bonds is 3. The maximum Gasteiger partial charge on any atom is 0.195 e. The molecule has 2 aromatic carbocycles. The number of aliphatic hydroxyl groups is 1. The molecule has 0 fully saturated rings. The van der Waals surface area contributed by atoms with Crippen molar-refractivity contribution in [3.63, 3.8) is 0 Å². The van der Waals surface area contributed by atoms with Crippen LogP contribution < -0.4 is 0 Å². The Morgan fingerprint density at radius 1 is 1.09 bits per heavy atom. The Morgan fingerprint density at radius 3 is 2.52 bits per heavy atom. The molecule has 0 radical (unpaired) electrons. The molecule has 118 valence electrons. The van der Waals surface area contributed by atoms with Crippen LogP contribution in [0.15, 0.2) is 60.7 Å². The molecule has 1 aliphatic carbocycles. The lowest BCUT2D eigenvalue weighted by Gasteiger charge is -2.36. The van der Waals surface area contributed by atoms with Gasteiger partial charge in [-0.3, -0.25) is 4.79 Å². The molecule has 0 saturated heterocycles. The van der Waals surface area contributed by atoms with Crippen molar-refractivity contribution in [1.82, 2.24) is 0 Å². The topological polar surface area (TPSA) is 37.3 Å². The normalized spacial score (nSPS) is 23.7. The second kappa shape index (κ2) is 6.13. The van der Waals surface area contributed by atoms with Gasteiger partial charge in [0, 0.05) is 11.5 Å². The van der Waals surface area contributed by atoms with E-state index in [1.807, 2.05) is 68.5 Å². The van der Waals surface area contributed by atoms with Gasteiger partial charge in [0.1, 0.15) is 5.60 Å². The maximum atomic E-state index is 13.1. The molecule has 0 aliphatic heterocycles. The van der Waals surface area contributed by atoms with Crippen molar-refractivity contribution in [2.75, 3.05) is 0 Å². The number of allylic oxidation sites excluding steroid dienone is 1. The molecule has 0 spiro atoms. The van der Waals surface area contributed by atoms with E-state index in [1.54, 1.807) is 0 Å². The molecule has 2 unspecified atom stereocenters. The quantitative estimate of drug-likeness (QED) is 0.676. The third-order valence-electron chi connectivity index (χ3n) is 4.86. The van der Waals surface area contributed by atoms with E-state index in [0.29, 0.717) is 12.0 Å². The highest BCUT2D eigenvalue weighted by Crippen LogP contribution is 2.39. The number of Topliss-reactive ketones (excluding diaryl/α,β-unsaturated/α-hetero) is 1. The molecule has 0 heterocycles. The van der Waals surface area contributed by atoms with E-state index in [2.05, 4.69) is 6.08 Å². The van der Waals surface area contributed by atoms with Gasteiger partial charge in [-0.2, -0.15) is 0 Å². The minimum Gasteiger partial charge on any atom is -0.381 e. The first-order valence-corrected chi connectivity index (χ1v) is 8.08. The summed E-state index contributed by atoms with van der Waals surface area (Å²) < 4.78 is 0. The first-order valence-electron chi connectivity index (χ1n) is 8.08. The number of aryl methyl sites for hydroxylation is 2. The average Bonchev–Trinajstić information content (AvgIpc) is 2.58. The van der Waals surface area contributed by atoms with Crippen molar-refractivity contribution in [2.45, 2.75) is 38.2 Å². The SMILES string of the molecule is Cc1ccc(C(=O)C2(O)CCC=CC2c2ccccc2)cc1C. The molecule has 0 bridgehead atoms. The molecular weight excluding hydrogens is 284 g/mol. The Morgan fingerprint density at radius 2 is 1.83 bits per heavy atom. The van der Waals surface area contributed by atoms with Crippen molar-refractivity contribution >= 4 is 5.78 Å². The molecule has 1 aliphatic rings. The molecule has 0 saturated carbocycles. The summed E-state index contributed by atoms with van der Waals surface area (Å²) in [4.78, 5) is 13.1. The van der Waals surface area contributed by atoms with Gasteiger partial charge in [0.15, 0.2) is 5.78 Å². The Kier molecular flexibility index (Phi) is 4.18. The highest BCUT2D eigenvalue weighted by molar-refractivity contribution is 6.03. The van der Waals surface area contributed by atoms with Crippen LogP contribution in [0, 0.1) is 13.8 Å². The molecule has 23 heavy (non-hydrogen) atoms. The van der Waals surface area contributed by atoms with Crippen molar-refractivity contribution in [3.8, 4) is 0 Å². The summed E-state index contributed by atoms with van der Waals surface area (Å²) in [5.41, 5.74) is 2.41. The molecule has 3 rings (SSSR count). The zero-order valence-corrected chi connectivity index (χ0v) is 13.6. The van der Waals surface area contributed by atoms with Crippen LogP contribution in [0.25, 0.3) is 0 Å². The predicted molar refractivity (Wildman–Crippen MR) is 92.8 cm³/mol. The summed E-state index contributed by atoms with van der Waals surface area (Å²) in [6.45, 7) is 4.01. The van der Waals surface area contributed by atoms with Gasteiger partial charge in [-0.05, 0) is 49.4 Å². The number of ketones is 1. The Bertz CT molecular complexity index is 746. The van der Waals surface area contributed by atoms with Crippen LogP contribution in [0.3, 0.4) is 0 Å². The third kappa shape index (κ3) is 2.87. The molecular formula is C21H22O2. The summed E-state index contributed by atoms with van der Waals surface area (Å²) >= 11 is 0. The van der Waals surface area contributed by atoms with Gasteiger partial charge in [-0.15, -0.1) is 0 Å². The standard InChI is InChI=1S/C21H22O2/c1-15-11-12-18(14-16(15)2)20(22)21(23)13-7-6-10-19(21)17-8-4-3-5-9-17/h3-6,8-12,14,19,23H,7,13H2,1-2H3. The first-order chi connectivity index (χ1) is 11.0. The van der Waals surface area contributed by atoms with E-state index in [4.69, 9.17) is 0 Å². The third-order valence-corrected chi connectivity index (χ3v) is 4.86. The van der Waals surface area contributed by atoms with Gasteiger partial charge in [-0.25, -0.2) is 0 Å². The molecule has 2 atom stereocenters. The molecule has 2 heteroatoms. The van der Waals surface area contributed by atoms with Gasteiger partial charge in [0.2, 0.25) is 0 Å². The van der Waals surface area contributed by atoms with Crippen molar-refractivity contribution in [3.05, 3.63) is 82.9 Å².